The molecule has 1 saturated heterocycles. The van der Waals surface area contributed by atoms with Crippen LogP contribution in [0.15, 0.2) is 0 Å². The van der Waals surface area contributed by atoms with E-state index < -0.39 is 41.7 Å². The molecule has 4 N–H and O–H groups in total. The van der Waals surface area contributed by atoms with Crippen molar-refractivity contribution in [3.8, 4) is 12.3 Å². The van der Waals surface area contributed by atoms with Crippen LogP contribution in [-0.2, 0) is 92.9 Å². The first-order valence-corrected chi connectivity index (χ1v) is 25.0. The lowest BCUT2D eigenvalue weighted by atomic mass is 9.96. The molecule has 0 aliphatic carbocycles. The fourth-order valence-corrected chi connectivity index (χ4v) is 6.65. The average molecular weight is 977 g/mol. The molecule has 1 aliphatic rings. The molecule has 0 amide bonds. The smallest absolute Gasteiger partial charge is 0.390 e. The van der Waals surface area contributed by atoms with Gasteiger partial charge in [-0.3, -0.25) is 27.1 Å². The third kappa shape index (κ3) is 40.3. The van der Waals surface area contributed by atoms with E-state index in [0.717, 1.165) is 0 Å². The van der Waals surface area contributed by atoms with Crippen LogP contribution in [0.1, 0.15) is 25.7 Å². The highest BCUT2D eigenvalue weighted by molar-refractivity contribution is 7.47. The van der Waals surface area contributed by atoms with Gasteiger partial charge >= 0.3 is 23.5 Å². The normalized spacial score (nSPS) is 19.4. The molecule has 28 heteroatoms. The second-order valence-corrected chi connectivity index (χ2v) is 17.0. The SMILES string of the molecule is [B]C1CC(O)C(COP(=O)(O)OCCOCCOCCOCCOCCOCCOP(=O)(O)OCCOCCOCCOCCOCCOCCOP(=O)(O)OCCCCC#C)O1. The van der Waals surface area contributed by atoms with Crippen LogP contribution in [0.2, 0.25) is 0 Å². The van der Waals surface area contributed by atoms with Crippen molar-refractivity contribution in [2.24, 2.45) is 0 Å². The summed E-state index contributed by atoms with van der Waals surface area (Å²) < 4.78 is 123. The van der Waals surface area contributed by atoms with Crippen LogP contribution in [0.5, 0.6) is 0 Å². The average Bonchev–Trinajstić information content (AvgIpc) is 3.57. The molecule has 1 aliphatic heterocycles. The summed E-state index contributed by atoms with van der Waals surface area (Å²) in [5.74, 6) is 2.48. The summed E-state index contributed by atoms with van der Waals surface area (Å²) in [4.78, 5) is 29.0. The van der Waals surface area contributed by atoms with Crippen LogP contribution < -0.4 is 0 Å². The maximum absolute atomic E-state index is 12.0. The Morgan fingerprint density at radius 1 is 0.460 bits per heavy atom. The minimum atomic E-state index is -4.33. The van der Waals surface area contributed by atoms with E-state index in [9.17, 15) is 33.5 Å². The molecule has 6 atom stereocenters. The maximum Gasteiger partial charge on any atom is 0.472 e. The van der Waals surface area contributed by atoms with Crippen LogP contribution in [0.25, 0.3) is 0 Å². The maximum atomic E-state index is 12.0. The Morgan fingerprint density at radius 2 is 0.730 bits per heavy atom. The number of hydrogen-bond acceptors (Lipinski definition) is 21. The molecule has 0 aromatic heterocycles. The zero-order valence-corrected chi connectivity index (χ0v) is 38.6. The van der Waals surface area contributed by atoms with Gasteiger partial charge in [0.2, 0.25) is 0 Å². The van der Waals surface area contributed by atoms with E-state index in [0.29, 0.717) is 85.3 Å². The lowest BCUT2D eigenvalue weighted by molar-refractivity contribution is -0.0186. The zero-order chi connectivity index (χ0) is 46.2. The van der Waals surface area contributed by atoms with Crippen molar-refractivity contribution in [2.45, 2.75) is 43.9 Å². The summed E-state index contributed by atoms with van der Waals surface area (Å²) in [6, 6.07) is -0.649. The number of rotatable bonds is 48. The van der Waals surface area contributed by atoms with Gasteiger partial charge in [-0.2, -0.15) is 0 Å². The number of phosphoric ester groups is 3. The summed E-state index contributed by atoms with van der Waals surface area (Å²) in [6.45, 7) is 4.30. The van der Waals surface area contributed by atoms with E-state index in [2.05, 4.69) is 5.92 Å². The first kappa shape index (κ1) is 60.5. The highest BCUT2D eigenvalue weighted by Crippen LogP contribution is 2.44. The first-order valence-electron chi connectivity index (χ1n) is 20.5. The Kier molecular flexibility index (Phi) is 38.9. The summed E-state index contributed by atoms with van der Waals surface area (Å²) in [6.07, 6.45) is 5.53. The molecule has 24 nitrogen and oxygen atoms in total. The molecule has 0 saturated carbocycles. The molecule has 1 fully saturated rings. The molecule has 0 aromatic carbocycles. The molecular formula is C35H68BO24P3. The van der Waals surface area contributed by atoms with Crippen LogP contribution in [0.4, 0.5) is 0 Å². The lowest BCUT2D eigenvalue weighted by Gasteiger charge is -2.17. The lowest BCUT2D eigenvalue weighted by Crippen LogP contribution is -2.26. The van der Waals surface area contributed by atoms with Gasteiger partial charge in [-0.25, -0.2) is 13.7 Å². The van der Waals surface area contributed by atoms with Crippen LogP contribution in [0, 0.1) is 12.3 Å². The van der Waals surface area contributed by atoms with Crippen molar-refractivity contribution >= 4 is 31.3 Å². The van der Waals surface area contributed by atoms with E-state index in [1.54, 1.807) is 0 Å². The number of aliphatic hydroxyl groups is 1. The van der Waals surface area contributed by atoms with E-state index >= 15 is 0 Å². The van der Waals surface area contributed by atoms with Crippen molar-refractivity contribution in [3.05, 3.63) is 0 Å². The van der Waals surface area contributed by atoms with E-state index in [-0.39, 0.29) is 112 Å². The summed E-state index contributed by atoms with van der Waals surface area (Å²) in [7, 11) is -7.15. The molecule has 370 valence electrons. The number of phosphoric acid groups is 3. The van der Waals surface area contributed by atoms with E-state index in [4.69, 9.17) is 93.5 Å². The summed E-state index contributed by atoms with van der Waals surface area (Å²) >= 11 is 0. The number of hydrogen-bond donors (Lipinski definition) is 4. The first-order chi connectivity index (χ1) is 30.4. The van der Waals surface area contributed by atoms with Gasteiger partial charge in [0.1, 0.15) is 14.0 Å². The standard InChI is InChI=1S/C35H68BO24P3/c1-2-3-4-5-6-54-61(38,39)55-27-23-50-19-15-46-11-7-44-8-12-47-16-20-51-24-28-56-62(40,41)57-29-25-52-21-17-48-13-9-45-10-14-49-18-22-53-26-30-58-63(42,43)59-32-34-33(37)31-35(36)60-34/h1,33-35,37H,3-32H2,(H,38,39)(H,40,41)(H,42,43). The molecule has 0 aromatic rings. The topological polar surface area (TPSA) is 289 Å². The van der Waals surface area contributed by atoms with Gasteiger partial charge in [0.05, 0.1) is 178 Å². The minimum Gasteiger partial charge on any atom is -0.390 e. The van der Waals surface area contributed by atoms with Gasteiger partial charge in [0.25, 0.3) is 0 Å². The van der Waals surface area contributed by atoms with Crippen molar-refractivity contribution in [1.82, 2.24) is 0 Å². The molecule has 0 spiro atoms. The molecule has 0 bridgehead atoms. The third-order valence-electron chi connectivity index (χ3n) is 7.53. The van der Waals surface area contributed by atoms with Gasteiger partial charge in [-0.15, -0.1) is 12.3 Å². The predicted octanol–water partition coefficient (Wildman–Crippen LogP) is 1.00. The Hall–Kier alpha value is -0.525. The Labute approximate surface area is 371 Å². The quantitative estimate of drug-likeness (QED) is 0.0286. The Bertz CT molecular complexity index is 1260. The molecular weight excluding hydrogens is 908 g/mol. The largest absolute Gasteiger partial charge is 0.472 e. The van der Waals surface area contributed by atoms with Gasteiger partial charge in [-0.1, -0.05) is 0 Å². The molecule has 6 unspecified atom stereocenters. The predicted molar refractivity (Wildman–Crippen MR) is 221 cm³/mol. The van der Waals surface area contributed by atoms with Crippen molar-refractivity contribution < 1.29 is 113 Å². The van der Waals surface area contributed by atoms with Crippen molar-refractivity contribution in [3.63, 3.8) is 0 Å². The Morgan fingerprint density at radius 3 is 1.00 bits per heavy atom. The number of ether oxygens (including phenoxy) is 11. The zero-order valence-electron chi connectivity index (χ0n) is 35.9. The third-order valence-corrected chi connectivity index (χ3v) is 10.5. The second-order valence-electron chi connectivity index (χ2n) is 12.7. The van der Waals surface area contributed by atoms with Gasteiger partial charge < -0.3 is 71.9 Å². The van der Waals surface area contributed by atoms with Gasteiger partial charge in [0.15, 0.2) is 0 Å². The minimum absolute atomic E-state index is 0.0371. The monoisotopic (exact) mass is 976 g/mol. The molecule has 1 rings (SSSR count). The molecule has 63 heavy (non-hydrogen) atoms. The van der Waals surface area contributed by atoms with Gasteiger partial charge in [0, 0.05) is 12.4 Å². The summed E-state index contributed by atoms with van der Waals surface area (Å²) in [5, 5.41) is 9.72. The summed E-state index contributed by atoms with van der Waals surface area (Å²) in [5.41, 5.74) is 0. The van der Waals surface area contributed by atoms with Crippen LogP contribution in [0.3, 0.4) is 0 Å². The molecule has 2 radical (unpaired) electrons. The number of aliphatic hydroxyl groups excluding tert-OH is 1. The fraction of sp³-hybridized carbons (Fsp3) is 0.943. The van der Waals surface area contributed by atoms with Crippen molar-refractivity contribution in [2.75, 3.05) is 172 Å². The number of unbranched alkanes of at least 4 members (excludes halogenated alkanes) is 2. The Balaban J connectivity index is 1.75. The molecule has 1 heterocycles. The number of terminal acetylenes is 1. The van der Waals surface area contributed by atoms with E-state index in [1.165, 1.54) is 0 Å². The van der Waals surface area contributed by atoms with Gasteiger partial charge in [-0.05, 0) is 19.3 Å². The highest BCUT2D eigenvalue weighted by Gasteiger charge is 2.34. The van der Waals surface area contributed by atoms with Crippen LogP contribution in [-0.4, -0.2) is 218 Å². The van der Waals surface area contributed by atoms with E-state index in [1.807, 2.05) is 0 Å². The van der Waals surface area contributed by atoms with Crippen LogP contribution >= 0.6 is 23.5 Å². The van der Waals surface area contributed by atoms with Crippen molar-refractivity contribution in [1.29, 1.82) is 0 Å². The second kappa shape index (κ2) is 40.5. The fourth-order valence-electron chi connectivity index (χ4n) is 4.51. The highest BCUT2D eigenvalue weighted by atomic mass is 31.2.